The average molecular weight is 328 g/mol. The van der Waals surface area contributed by atoms with Crippen LogP contribution in [0.3, 0.4) is 0 Å². The summed E-state index contributed by atoms with van der Waals surface area (Å²) in [7, 11) is 0. The minimum atomic E-state index is -0.0521. The van der Waals surface area contributed by atoms with E-state index in [0.29, 0.717) is 11.7 Å². The van der Waals surface area contributed by atoms with Gasteiger partial charge < -0.3 is 4.90 Å². The lowest BCUT2D eigenvalue weighted by molar-refractivity contribution is 0.194. The Labute approximate surface area is 139 Å². The highest BCUT2D eigenvalue weighted by Gasteiger charge is 2.27. The van der Waals surface area contributed by atoms with E-state index in [-0.39, 0.29) is 6.03 Å². The molecule has 5 nitrogen and oxygen atoms in total. The lowest BCUT2D eigenvalue weighted by Crippen LogP contribution is -2.40. The number of thiazole rings is 1. The second-order valence-electron chi connectivity index (χ2n) is 6.18. The van der Waals surface area contributed by atoms with Crippen LogP contribution in [0.2, 0.25) is 0 Å². The van der Waals surface area contributed by atoms with Crippen LogP contribution in [0.1, 0.15) is 40.8 Å². The van der Waals surface area contributed by atoms with Crippen molar-refractivity contribution in [2.45, 2.75) is 38.0 Å². The average Bonchev–Trinajstić information content (AvgIpc) is 3.17. The number of urea groups is 1. The number of rotatable bonds is 2. The summed E-state index contributed by atoms with van der Waals surface area (Å²) in [5.41, 5.74) is 1.33. The van der Waals surface area contributed by atoms with Crippen molar-refractivity contribution in [3.8, 4) is 0 Å². The van der Waals surface area contributed by atoms with Crippen LogP contribution < -0.4 is 5.32 Å². The van der Waals surface area contributed by atoms with E-state index in [0.717, 1.165) is 32.4 Å². The number of hydrogen-bond acceptors (Lipinski definition) is 4. The van der Waals surface area contributed by atoms with Gasteiger partial charge in [-0.3, -0.25) is 5.32 Å². The Hall–Kier alpha value is -1.95. The summed E-state index contributed by atoms with van der Waals surface area (Å²) in [5.74, 6) is 1.13. The van der Waals surface area contributed by atoms with Gasteiger partial charge in [0.15, 0.2) is 0 Å². The molecule has 1 aliphatic carbocycles. The number of nitrogens with one attached hydrogen (secondary N) is 1. The van der Waals surface area contributed by atoms with E-state index >= 15 is 0 Å². The molecule has 4 rings (SSSR count). The fourth-order valence-electron chi connectivity index (χ4n) is 3.34. The molecule has 3 heterocycles. The van der Waals surface area contributed by atoms with Crippen LogP contribution >= 0.6 is 11.3 Å². The first-order chi connectivity index (χ1) is 11.3. The second kappa shape index (κ2) is 6.28. The molecule has 2 aromatic rings. The zero-order chi connectivity index (χ0) is 15.6. The van der Waals surface area contributed by atoms with Crippen molar-refractivity contribution in [2.24, 2.45) is 0 Å². The molecule has 0 unspecified atom stereocenters. The van der Waals surface area contributed by atoms with E-state index in [1.165, 1.54) is 28.4 Å². The molecule has 1 fully saturated rings. The van der Waals surface area contributed by atoms with E-state index in [1.54, 1.807) is 6.20 Å². The summed E-state index contributed by atoms with van der Waals surface area (Å²) in [4.78, 5) is 24.6. The molecule has 2 aromatic heterocycles. The molecule has 0 radical (unpaired) electrons. The predicted octanol–water partition coefficient (Wildman–Crippen LogP) is 3.44. The zero-order valence-electron chi connectivity index (χ0n) is 13.0. The van der Waals surface area contributed by atoms with Crippen LogP contribution in [-0.2, 0) is 12.8 Å². The summed E-state index contributed by atoms with van der Waals surface area (Å²) >= 11 is 1.90. The van der Waals surface area contributed by atoms with E-state index in [4.69, 9.17) is 4.98 Å². The SMILES string of the molecule is O=C(Nc1ccccn1)N1CCC(c2nc3c(s2)CCC3)CC1. The summed E-state index contributed by atoms with van der Waals surface area (Å²) in [6.07, 6.45) is 7.31. The third kappa shape index (κ3) is 3.08. The number of pyridine rings is 1. The van der Waals surface area contributed by atoms with Crippen molar-refractivity contribution in [3.05, 3.63) is 40.0 Å². The van der Waals surface area contributed by atoms with Crippen molar-refractivity contribution in [2.75, 3.05) is 18.4 Å². The number of piperidine rings is 1. The maximum absolute atomic E-state index is 12.3. The van der Waals surface area contributed by atoms with Crippen LogP contribution in [0.4, 0.5) is 10.6 Å². The standard InChI is InChI=1S/C17H20N4OS/c22-17(20-15-6-1-2-9-18-15)21-10-7-12(8-11-21)16-19-13-4-3-5-14(13)23-16/h1-2,6,9,12H,3-5,7-8,10-11H2,(H,18,20,22). The number of aromatic nitrogens is 2. The number of anilines is 1. The molecule has 120 valence electrons. The molecule has 0 atom stereocenters. The van der Waals surface area contributed by atoms with Crippen LogP contribution in [0, 0.1) is 0 Å². The molecular weight excluding hydrogens is 308 g/mol. The van der Waals surface area contributed by atoms with Crippen molar-refractivity contribution in [1.82, 2.24) is 14.9 Å². The van der Waals surface area contributed by atoms with Gasteiger partial charge in [-0.2, -0.15) is 0 Å². The molecule has 0 bridgehead atoms. The molecule has 23 heavy (non-hydrogen) atoms. The smallest absolute Gasteiger partial charge is 0.323 e. The summed E-state index contributed by atoms with van der Waals surface area (Å²) in [5, 5.41) is 4.15. The van der Waals surface area contributed by atoms with Gasteiger partial charge in [0, 0.05) is 30.1 Å². The molecule has 0 aromatic carbocycles. The molecule has 0 saturated carbocycles. The first-order valence-corrected chi connectivity index (χ1v) is 9.06. The van der Waals surface area contributed by atoms with Crippen molar-refractivity contribution in [1.29, 1.82) is 0 Å². The van der Waals surface area contributed by atoms with E-state index in [1.807, 2.05) is 34.4 Å². The quantitative estimate of drug-likeness (QED) is 0.919. The number of nitrogens with zero attached hydrogens (tertiary/aromatic N) is 3. The van der Waals surface area contributed by atoms with Crippen molar-refractivity contribution in [3.63, 3.8) is 0 Å². The number of hydrogen-bond donors (Lipinski definition) is 1. The number of likely N-dealkylation sites (tertiary alicyclic amines) is 1. The van der Waals surface area contributed by atoms with Gasteiger partial charge in [0.25, 0.3) is 0 Å². The van der Waals surface area contributed by atoms with E-state index in [2.05, 4.69) is 10.3 Å². The predicted molar refractivity (Wildman–Crippen MR) is 90.9 cm³/mol. The number of amides is 2. The molecule has 0 spiro atoms. The van der Waals surface area contributed by atoms with Gasteiger partial charge in [-0.15, -0.1) is 11.3 Å². The monoisotopic (exact) mass is 328 g/mol. The largest absolute Gasteiger partial charge is 0.324 e. The fourth-order valence-corrected chi connectivity index (χ4v) is 4.66. The highest BCUT2D eigenvalue weighted by atomic mass is 32.1. The first kappa shape index (κ1) is 14.6. The summed E-state index contributed by atoms with van der Waals surface area (Å²) < 4.78 is 0. The number of fused-ring (bicyclic) bond motifs is 1. The van der Waals surface area contributed by atoms with Crippen LogP contribution in [0.5, 0.6) is 0 Å². The maximum atomic E-state index is 12.3. The molecule has 6 heteroatoms. The molecule has 2 amide bonds. The van der Waals surface area contributed by atoms with Gasteiger partial charge in [-0.25, -0.2) is 14.8 Å². The minimum absolute atomic E-state index is 0.0521. The molecule has 1 aliphatic heterocycles. The fraction of sp³-hybridized carbons (Fsp3) is 0.471. The van der Waals surface area contributed by atoms with E-state index < -0.39 is 0 Å². The molecular formula is C17H20N4OS. The van der Waals surface area contributed by atoms with Crippen LogP contribution in [0.25, 0.3) is 0 Å². The van der Waals surface area contributed by atoms with Gasteiger partial charge >= 0.3 is 6.03 Å². The van der Waals surface area contributed by atoms with Gasteiger partial charge in [-0.1, -0.05) is 6.07 Å². The van der Waals surface area contributed by atoms with E-state index in [9.17, 15) is 4.79 Å². The molecule has 1 saturated heterocycles. The third-order valence-corrected chi connectivity index (χ3v) is 5.96. The highest BCUT2D eigenvalue weighted by Crippen LogP contribution is 2.35. The zero-order valence-corrected chi connectivity index (χ0v) is 13.8. The first-order valence-electron chi connectivity index (χ1n) is 8.25. The number of aryl methyl sites for hydroxylation is 2. The Morgan fingerprint density at radius 2 is 2.13 bits per heavy atom. The Balaban J connectivity index is 1.34. The molecule has 1 N–H and O–H groups in total. The van der Waals surface area contributed by atoms with Gasteiger partial charge in [0.2, 0.25) is 0 Å². The van der Waals surface area contributed by atoms with Crippen molar-refractivity contribution < 1.29 is 4.79 Å². The van der Waals surface area contributed by atoms with Crippen LogP contribution in [-0.4, -0.2) is 34.0 Å². The second-order valence-corrected chi connectivity index (χ2v) is 7.30. The Kier molecular flexibility index (Phi) is 3.99. The highest BCUT2D eigenvalue weighted by molar-refractivity contribution is 7.11. The number of carbonyl (C=O) groups is 1. The topological polar surface area (TPSA) is 58.1 Å². The van der Waals surface area contributed by atoms with Gasteiger partial charge in [0.05, 0.1) is 10.7 Å². The Bertz CT molecular complexity index is 670. The summed E-state index contributed by atoms with van der Waals surface area (Å²) in [6.45, 7) is 1.57. The lowest BCUT2D eigenvalue weighted by atomic mass is 9.98. The Morgan fingerprint density at radius 1 is 1.26 bits per heavy atom. The molecule has 2 aliphatic rings. The maximum Gasteiger partial charge on any atom is 0.323 e. The van der Waals surface area contributed by atoms with Gasteiger partial charge in [-0.05, 0) is 44.2 Å². The van der Waals surface area contributed by atoms with Crippen molar-refractivity contribution >= 4 is 23.2 Å². The Morgan fingerprint density at radius 3 is 2.87 bits per heavy atom. The van der Waals surface area contributed by atoms with Crippen LogP contribution in [0.15, 0.2) is 24.4 Å². The minimum Gasteiger partial charge on any atom is -0.324 e. The third-order valence-electron chi connectivity index (χ3n) is 4.64. The normalized spacial score (nSPS) is 18.0. The lowest BCUT2D eigenvalue weighted by Gasteiger charge is -2.31. The summed E-state index contributed by atoms with van der Waals surface area (Å²) in [6, 6.07) is 5.47. The van der Waals surface area contributed by atoms with Gasteiger partial charge in [0.1, 0.15) is 5.82 Å². The number of carbonyl (C=O) groups excluding carboxylic acids is 1.